The monoisotopic (exact) mass is 371 g/mol. The molecular formula is C18H17N3O6. The lowest BCUT2D eigenvalue weighted by Gasteiger charge is -2.20. The minimum atomic E-state index is -0.878. The average Bonchev–Trinajstić information content (AvgIpc) is 3.13. The summed E-state index contributed by atoms with van der Waals surface area (Å²) >= 11 is 0. The first kappa shape index (κ1) is 18.2. The fraction of sp³-hybridized carbons (Fsp3) is 0.222. The van der Waals surface area contributed by atoms with Gasteiger partial charge in [-0.05, 0) is 24.3 Å². The lowest BCUT2D eigenvalue weighted by atomic mass is 10.1. The van der Waals surface area contributed by atoms with Crippen molar-refractivity contribution in [1.82, 2.24) is 5.01 Å². The third kappa shape index (κ3) is 3.39. The predicted molar refractivity (Wildman–Crippen MR) is 95.5 cm³/mol. The van der Waals surface area contributed by atoms with Gasteiger partial charge in [-0.1, -0.05) is 12.1 Å². The molecule has 1 atom stereocenters. The Morgan fingerprint density at radius 1 is 1.19 bits per heavy atom. The van der Waals surface area contributed by atoms with Crippen LogP contribution in [0.25, 0.3) is 0 Å². The van der Waals surface area contributed by atoms with Gasteiger partial charge in [0.1, 0.15) is 5.56 Å². The third-order valence-corrected chi connectivity index (χ3v) is 3.99. The van der Waals surface area contributed by atoms with Crippen molar-refractivity contribution in [3.8, 4) is 11.5 Å². The smallest absolute Gasteiger partial charge is 0.282 e. The van der Waals surface area contributed by atoms with Crippen LogP contribution in [0, 0.1) is 10.1 Å². The normalized spacial score (nSPS) is 15.7. The zero-order chi connectivity index (χ0) is 19.6. The summed E-state index contributed by atoms with van der Waals surface area (Å²) in [7, 11) is 3.01. The molecule has 3 rings (SSSR count). The van der Waals surface area contributed by atoms with E-state index in [1.165, 1.54) is 33.3 Å². The molecule has 1 amide bonds. The van der Waals surface area contributed by atoms with Crippen molar-refractivity contribution in [2.24, 2.45) is 5.10 Å². The number of ether oxygens (including phenoxy) is 3. The van der Waals surface area contributed by atoms with Crippen LogP contribution < -0.4 is 9.47 Å². The fourth-order valence-electron chi connectivity index (χ4n) is 2.71. The second kappa shape index (κ2) is 7.32. The number of hydrazone groups is 1. The summed E-state index contributed by atoms with van der Waals surface area (Å²) in [5.41, 5.74) is 0.615. The minimum absolute atomic E-state index is 0.00251. The molecule has 0 fully saturated rings. The van der Waals surface area contributed by atoms with Crippen LogP contribution in [0.5, 0.6) is 11.5 Å². The maximum absolute atomic E-state index is 12.1. The number of nitro groups is 1. The van der Waals surface area contributed by atoms with Crippen molar-refractivity contribution in [2.75, 3.05) is 14.2 Å². The molecule has 1 aliphatic rings. The van der Waals surface area contributed by atoms with Gasteiger partial charge in [0.25, 0.3) is 5.69 Å². The number of methoxy groups -OCH3 is 2. The second-order valence-electron chi connectivity index (χ2n) is 5.63. The summed E-state index contributed by atoms with van der Waals surface area (Å²) in [4.78, 5) is 22.8. The number of hydrogen-bond donors (Lipinski definition) is 0. The molecule has 1 unspecified atom stereocenters. The molecule has 1 heterocycles. The van der Waals surface area contributed by atoms with Gasteiger partial charge in [-0.25, -0.2) is 0 Å². The van der Waals surface area contributed by atoms with Gasteiger partial charge in [0, 0.05) is 18.6 Å². The van der Waals surface area contributed by atoms with Crippen LogP contribution in [-0.4, -0.2) is 36.0 Å². The molecule has 9 nitrogen and oxygen atoms in total. The molecule has 9 heteroatoms. The first-order chi connectivity index (χ1) is 13.0. The first-order valence-corrected chi connectivity index (χ1v) is 7.97. The van der Waals surface area contributed by atoms with Gasteiger partial charge in [0.15, 0.2) is 11.5 Å². The van der Waals surface area contributed by atoms with Crippen LogP contribution in [0.2, 0.25) is 0 Å². The van der Waals surface area contributed by atoms with Crippen molar-refractivity contribution in [2.45, 2.75) is 13.2 Å². The van der Waals surface area contributed by atoms with E-state index in [4.69, 9.17) is 14.2 Å². The molecule has 2 aromatic carbocycles. The average molecular weight is 371 g/mol. The number of benzene rings is 2. The van der Waals surface area contributed by atoms with E-state index in [9.17, 15) is 14.9 Å². The van der Waals surface area contributed by atoms with E-state index in [-0.39, 0.29) is 23.1 Å². The van der Waals surface area contributed by atoms with Crippen LogP contribution in [-0.2, 0) is 9.53 Å². The number of rotatable bonds is 5. The van der Waals surface area contributed by atoms with Crippen LogP contribution in [0.3, 0.4) is 0 Å². The van der Waals surface area contributed by atoms with Crippen molar-refractivity contribution in [1.29, 1.82) is 0 Å². The number of nitro benzene ring substituents is 1. The molecule has 0 bridgehead atoms. The van der Waals surface area contributed by atoms with Crippen molar-refractivity contribution < 1.29 is 23.9 Å². The lowest BCUT2D eigenvalue weighted by Crippen LogP contribution is -2.25. The van der Waals surface area contributed by atoms with Crippen LogP contribution >= 0.6 is 0 Å². The van der Waals surface area contributed by atoms with Gasteiger partial charge in [0.2, 0.25) is 18.0 Å². The fourth-order valence-corrected chi connectivity index (χ4v) is 2.71. The number of amides is 1. The summed E-state index contributed by atoms with van der Waals surface area (Å²) in [6.07, 6.45) is -0.878. The number of carbonyl (C=O) groups excluding carboxylic acids is 1. The molecule has 0 aliphatic carbocycles. The summed E-state index contributed by atoms with van der Waals surface area (Å²) in [6.45, 7) is 1.34. The molecule has 2 aromatic rings. The quantitative estimate of drug-likeness (QED) is 0.591. The van der Waals surface area contributed by atoms with E-state index >= 15 is 0 Å². The predicted octanol–water partition coefficient (Wildman–Crippen LogP) is 2.85. The summed E-state index contributed by atoms with van der Waals surface area (Å²) in [5, 5.41) is 16.6. The van der Waals surface area contributed by atoms with Crippen molar-refractivity contribution >= 4 is 17.5 Å². The summed E-state index contributed by atoms with van der Waals surface area (Å²) < 4.78 is 16.3. The topological polar surface area (TPSA) is 103 Å². The molecule has 0 saturated heterocycles. The van der Waals surface area contributed by atoms with E-state index in [1.54, 1.807) is 30.3 Å². The highest BCUT2D eigenvalue weighted by molar-refractivity contribution is 5.99. The molecule has 140 valence electrons. The van der Waals surface area contributed by atoms with Gasteiger partial charge in [-0.15, -0.1) is 5.10 Å². The number of carbonyl (C=O) groups is 1. The van der Waals surface area contributed by atoms with E-state index < -0.39 is 11.2 Å². The van der Waals surface area contributed by atoms with E-state index in [0.717, 1.165) is 5.01 Å². The lowest BCUT2D eigenvalue weighted by molar-refractivity contribution is -0.385. The van der Waals surface area contributed by atoms with Crippen LogP contribution in [0.15, 0.2) is 47.6 Å². The maximum atomic E-state index is 12.1. The zero-order valence-corrected chi connectivity index (χ0v) is 14.9. The first-order valence-electron chi connectivity index (χ1n) is 7.97. The molecule has 0 spiro atoms. The second-order valence-corrected chi connectivity index (χ2v) is 5.63. The summed E-state index contributed by atoms with van der Waals surface area (Å²) in [5.74, 6) is 0.607. The Morgan fingerprint density at radius 3 is 2.52 bits per heavy atom. The number of nitrogens with zero attached hydrogens (tertiary/aromatic N) is 3. The minimum Gasteiger partial charge on any atom is -0.493 e. The molecular weight excluding hydrogens is 354 g/mol. The maximum Gasteiger partial charge on any atom is 0.282 e. The van der Waals surface area contributed by atoms with Crippen molar-refractivity contribution in [3.05, 3.63) is 63.7 Å². The Morgan fingerprint density at radius 2 is 1.89 bits per heavy atom. The van der Waals surface area contributed by atoms with Crippen molar-refractivity contribution in [3.63, 3.8) is 0 Å². The molecule has 0 N–H and O–H groups in total. The van der Waals surface area contributed by atoms with Gasteiger partial charge >= 0.3 is 0 Å². The Balaban J connectivity index is 2.01. The van der Waals surface area contributed by atoms with Gasteiger partial charge in [0.05, 0.1) is 19.1 Å². The molecule has 0 radical (unpaired) electrons. The highest BCUT2D eigenvalue weighted by Crippen LogP contribution is 2.36. The Bertz CT molecular complexity index is 927. The number of para-hydroxylation sites is 1. The molecule has 27 heavy (non-hydrogen) atoms. The molecule has 0 saturated carbocycles. The van der Waals surface area contributed by atoms with Gasteiger partial charge in [-0.2, -0.15) is 5.01 Å². The number of hydrogen-bond acceptors (Lipinski definition) is 7. The zero-order valence-electron chi connectivity index (χ0n) is 14.9. The van der Waals surface area contributed by atoms with E-state index in [0.29, 0.717) is 17.1 Å². The Labute approximate surface area is 154 Å². The third-order valence-electron chi connectivity index (χ3n) is 3.99. The van der Waals surface area contributed by atoms with Gasteiger partial charge < -0.3 is 14.2 Å². The van der Waals surface area contributed by atoms with Crippen LogP contribution in [0.1, 0.15) is 24.3 Å². The largest absolute Gasteiger partial charge is 0.493 e. The highest BCUT2D eigenvalue weighted by Gasteiger charge is 2.35. The summed E-state index contributed by atoms with van der Waals surface area (Å²) in [6, 6.07) is 11.1. The standard InChI is InChI=1S/C18H17N3O6/c1-11(22)20-18(12-8-9-15(25-2)16(10-12)26-3)27-17(19-20)13-6-4-5-7-14(13)21(23)24/h4-10,18H,1-3H3. The van der Waals surface area contributed by atoms with E-state index in [1.807, 2.05) is 0 Å². The highest BCUT2D eigenvalue weighted by atomic mass is 16.6. The Hall–Kier alpha value is -3.62. The Kier molecular flexibility index (Phi) is 4.93. The molecule has 0 aromatic heterocycles. The van der Waals surface area contributed by atoms with E-state index in [2.05, 4.69) is 5.10 Å². The van der Waals surface area contributed by atoms with Gasteiger partial charge in [-0.3, -0.25) is 14.9 Å². The molecule has 1 aliphatic heterocycles. The van der Waals surface area contributed by atoms with Crippen LogP contribution in [0.4, 0.5) is 5.69 Å². The SMILES string of the molecule is COc1ccc(C2OC(c3ccccc3[N+](=O)[O-])=NN2C(C)=O)cc1OC.